The molecule has 1 unspecified atom stereocenters. The Morgan fingerprint density at radius 2 is 2.22 bits per heavy atom. The number of carbonyl (C=O) groups excluding carboxylic acids is 1. The summed E-state index contributed by atoms with van der Waals surface area (Å²) in [6.45, 7) is 5.90. The Hall–Kier alpha value is -1.20. The van der Waals surface area contributed by atoms with Gasteiger partial charge in [0, 0.05) is 12.5 Å². The van der Waals surface area contributed by atoms with E-state index in [0.717, 1.165) is 0 Å². The monoisotopic (exact) mass is 271 g/mol. The van der Waals surface area contributed by atoms with Crippen molar-refractivity contribution in [3.8, 4) is 0 Å². The Balaban J connectivity index is 2.81. The summed E-state index contributed by atoms with van der Waals surface area (Å²) in [5.41, 5.74) is 0.152. The van der Waals surface area contributed by atoms with Crippen LogP contribution in [0.4, 0.5) is 0 Å². The molecular weight excluding hydrogens is 254 g/mol. The maximum atomic E-state index is 11.9. The summed E-state index contributed by atoms with van der Waals surface area (Å²) in [5.74, 6) is 0.299. The average molecular weight is 272 g/mol. The van der Waals surface area contributed by atoms with Crippen LogP contribution in [0.5, 0.6) is 0 Å². The Morgan fingerprint density at radius 3 is 2.78 bits per heavy atom. The highest BCUT2D eigenvalue weighted by molar-refractivity contribution is 6.33. The minimum Gasteiger partial charge on any atom is -0.391 e. The summed E-state index contributed by atoms with van der Waals surface area (Å²) in [4.78, 5) is 20.1. The van der Waals surface area contributed by atoms with Crippen molar-refractivity contribution in [1.29, 1.82) is 0 Å². The Bertz CT molecular complexity index is 424. The zero-order valence-electron chi connectivity index (χ0n) is 10.8. The van der Waals surface area contributed by atoms with Gasteiger partial charge in [0.05, 0.1) is 17.3 Å². The second-order valence-corrected chi connectivity index (χ2v) is 4.76. The molecule has 0 aromatic carbocycles. The normalized spacial score (nSPS) is 12.6. The highest BCUT2D eigenvalue weighted by Crippen LogP contribution is 2.16. The second kappa shape index (κ2) is 6.66. The molecule has 0 aliphatic carbocycles. The molecule has 0 saturated carbocycles. The van der Waals surface area contributed by atoms with Gasteiger partial charge in [0.15, 0.2) is 0 Å². The molecule has 1 rings (SSSR count). The van der Waals surface area contributed by atoms with Gasteiger partial charge in [-0.1, -0.05) is 32.4 Å². The minimum absolute atomic E-state index is 0.120. The fourth-order valence-corrected chi connectivity index (χ4v) is 1.43. The number of hydrogen-bond acceptors (Lipinski definition) is 4. The summed E-state index contributed by atoms with van der Waals surface area (Å²) in [7, 11) is 0. The number of aliphatic hydroxyl groups is 1. The number of carbonyl (C=O) groups is 1. The van der Waals surface area contributed by atoms with Crippen molar-refractivity contribution < 1.29 is 9.90 Å². The Kier molecular flexibility index (Phi) is 5.50. The van der Waals surface area contributed by atoms with Crippen LogP contribution in [0, 0.1) is 0 Å². The number of halogens is 1. The van der Waals surface area contributed by atoms with E-state index < -0.39 is 12.0 Å². The average Bonchev–Trinajstić information content (AvgIpc) is 2.35. The molecule has 1 aromatic heterocycles. The second-order valence-electron chi connectivity index (χ2n) is 4.35. The number of aliphatic hydroxyl groups excluding tert-OH is 1. The van der Waals surface area contributed by atoms with Gasteiger partial charge in [-0.15, -0.1) is 0 Å². The Labute approximate surface area is 112 Å². The van der Waals surface area contributed by atoms with Crippen LogP contribution in [0.25, 0.3) is 0 Å². The molecule has 0 aliphatic rings. The third-order valence-corrected chi connectivity index (χ3v) is 2.74. The highest BCUT2D eigenvalue weighted by Gasteiger charge is 2.15. The van der Waals surface area contributed by atoms with Crippen molar-refractivity contribution in [2.24, 2.45) is 0 Å². The number of rotatable bonds is 5. The topological polar surface area (TPSA) is 75.1 Å². The predicted octanol–water partition coefficient (Wildman–Crippen LogP) is 1.75. The van der Waals surface area contributed by atoms with E-state index in [-0.39, 0.29) is 23.2 Å². The lowest BCUT2D eigenvalue weighted by Crippen LogP contribution is -2.32. The fourth-order valence-electron chi connectivity index (χ4n) is 1.26. The first-order chi connectivity index (χ1) is 8.45. The predicted molar refractivity (Wildman–Crippen MR) is 69.8 cm³/mol. The lowest BCUT2D eigenvalue weighted by atomic mass is 10.2. The first-order valence-electron chi connectivity index (χ1n) is 5.94. The van der Waals surface area contributed by atoms with Gasteiger partial charge in [-0.2, -0.15) is 0 Å². The van der Waals surface area contributed by atoms with E-state index in [1.807, 2.05) is 20.8 Å². The molecule has 5 nitrogen and oxygen atoms in total. The molecule has 0 fully saturated rings. The van der Waals surface area contributed by atoms with Gasteiger partial charge >= 0.3 is 0 Å². The van der Waals surface area contributed by atoms with E-state index in [1.54, 1.807) is 0 Å². The summed E-state index contributed by atoms with van der Waals surface area (Å²) in [5, 5.41) is 12.2. The smallest absolute Gasteiger partial charge is 0.271 e. The van der Waals surface area contributed by atoms with Crippen LogP contribution in [-0.4, -0.2) is 33.6 Å². The van der Waals surface area contributed by atoms with Crippen LogP contribution in [0.1, 0.15) is 49.4 Å². The quantitative estimate of drug-likeness (QED) is 0.856. The van der Waals surface area contributed by atoms with Crippen LogP contribution >= 0.6 is 11.6 Å². The van der Waals surface area contributed by atoms with Crippen molar-refractivity contribution in [3.05, 3.63) is 22.7 Å². The van der Waals surface area contributed by atoms with Crippen LogP contribution in [0.2, 0.25) is 5.02 Å². The molecule has 0 saturated heterocycles. The molecule has 100 valence electrons. The van der Waals surface area contributed by atoms with E-state index >= 15 is 0 Å². The van der Waals surface area contributed by atoms with Crippen LogP contribution < -0.4 is 5.32 Å². The van der Waals surface area contributed by atoms with E-state index in [0.29, 0.717) is 12.2 Å². The number of hydrogen-bond donors (Lipinski definition) is 2. The van der Waals surface area contributed by atoms with Crippen LogP contribution in [-0.2, 0) is 0 Å². The lowest BCUT2D eigenvalue weighted by molar-refractivity contribution is 0.0908. The van der Waals surface area contributed by atoms with Crippen molar-refractivity contribution >= 4 is 17.5 Å². The molecular formula is C12H18ClN3O2. The summed E-state index contributed by atoms with van der Waals surface area (Å²) >= 11 is 5.90. The first-order valence-corrected chi connectivity index (χ1v) is 6.32. The molecule has 18 heavy (non-hydrogen) atoms. The number of aromatic nitrogens is 2. The van der Waals surface area contributed by atoms with Crippen molar-refractivity contribution in [1.82, 2.24) is 15.3 Å². The largest absolute Gasteiger partial charge is 0.391 e. The van der Waals surface area contributed by atoms with Crippen LogP contribution in [0.3, 0.4) is 0 Å². The first kappa shape index (κ1) is 14.9. The van der Waals surface area contributed by atoms with Gasteiger partial charge in [-0.3, -0.25) is 4.79 Å². The molecule has 0 spiro atoms. The maximum Gasteiger partial charge on any atom is 0.271 e. The highest BCUT2D eigenvalue weighted by atomic mass is 35.5. The Morgan fingerprint density at radius 1 is 1.56 bits per heavy atom. The fraction of sp³-hybridized carbons (Fsp3) is 0.583. The van der Waals surface area contributed by atoms with E-state index in [2.05, 4.69) is 15.3 Å². The van der Waals surface area contributed by atoms with E-state index in [1.165, 1.54) is 6.20 Å². The maximum absolute atomic E-state index is 11.9. The van der Waals surface area contributed by atoms with Gasteiger partial charge < -0.3 is 10.4 Å². The van der Waals surface area contributed by atoms with Crippen molar-refractivity contribution in [2.75, 3.05) is 6.54 Å². The molecule has 2 N–H and O–H groups in total. The number of amides is 1. The van der Waals surface area contributed by atoms with Crippen molar-refractivity contribution in [2.45, 2.75) is 39.2 Å². The standard InChI is InChI=1S/C12H18ClN3O2/c1-4-8(17)5-15-12(18)10-9(13)6-14-11(16-10)7(2)3/h6-8,17H,4-5H2,1-3H3,(H,15,18). The van der Waals surface area contributed by atoms with Gasteiger partial charge in [-0.25, -0.2) is 9.97 Å². The number of nitrogens with zero attached hydrogens (tertiary/aromatic N) is 2. The molecule has 1 atom stereocenters. The summed E-state index contributed by atoms with van der Waals surface area (Å²) in [6, 6.07) is 0. The van der Waals surface area contributed by atoms with Gasteiger partial charge in [0.2, 0.25) is 0 Å². The molecule has 1 heterocycles. The van der Waals surface area contributed by atoms with Gasteiger partial charge in [0.1, 0.15) is 11.5 Å². The third-order valence-electron chi connectivity index (χ3n) is 2.46. The molecule has 0 bridgehead atoms. The van der Waals surface area contributed by atoms with Gasteiger partial charge in [0.25, 0.3) is 5.91 Å². The molecule has 6 heteroatoms. The molecule has 1 amide bonds. The summed E-state index contributed by atoms with van der Waals surface area (Å²) in [6.07, 6.45) is 1.45. The third kappa shape index (κ3) is 3.92. The van der Waals surface area contributed by atoms with E-state index in [9.17, 15) is 9.90 Å². The lowest BCUT2D eigenvalue weighted by Gasteiger charge is -2.11. The van der Waals surface area contributed by atoms with Gasteiger partial charge in [-0.05, 0) is 6.42 Å². The number of nitrogens with one attached hydrogen (secondary N) is 1. The zero-order chi connectivity index (χ0) is 13.7. The van der Waals surface area contributed by atoms with E-state index in [4.69, 9.17) is 11.6 Å². The molecule has 0 radical (unpaired) electrons. The molecule has 0 aliphatic heterocycles. The van der Waals surface area contributed by atoms with Crippen LogP contribution in [0.15, 0.2) is 6.20 Å². The summed E-state index contributed by atoms with van der Waals surface area (Å²) < 4.78 is 0. The SMILES string of the molecule is CCC(O)CNC(=O)c1nc(C(C)C)ncc1Cl. The van der Waals surface area contributed by atoms with Crippen molar-refractivity contribution in [3.63, 3.8) is 0 Å². The zero-order valence-corrected chi connectivity index (χ0v) is 11.5. The minimum atomic E-state index is -0.556. The molecule has 1 aromatic rings.